The number of hydrogen-bond donors (Lipinski definition) is 1. The maximum Gasteiger partial charge on any atom is 0.303 e. The fraction of sp³-hybridized carbons (Fsp3) is 0.696. The highest BCUT2D eigenvalue weighted by molar-refractivity contribution is 5.99. The third-order valence-electron chi connectivity index (χ3n) is 8.33. The molecule has 4 rings (SSSR count). The van der Waals surface area contributed by atoms with Crippen molar-refractivity contribution < 1.29 is 28.6 Å². The van der Waals surface area contributed by atoms with Crippen molar-refractivity contribution in [1.29, 1.82) is 0 Å². The minimum Gasteiger partial charge on any atom is -0.457 e. The van der Waals surface area contributed by atoms with E-state index in [1.165, 1.54) is 6.92 Å². The van der Waals surface area contributed by atoms with Gasteiger partial charge in [0.05, 0.1) is 6.10 Å². The van der Waals surface area contributed by atoms with E-state index in [2.05, 4.69) is 0 Å². The van der Waals surface area contributed by atoms with Gasteiger partial charge in [0.25, 0.3) is 0 Å². The Morgan fingerprint density at radius 3 is 2.69 bits per heavy atom. The third-order valence-corrected chi connectivity index (χ3v) is 8.33. The van der Waals surface area contributed by atoms with Crippen LogP contribution in [0.25, 0.3) is 0 Å². The third kappa shape index (κ3) is 2.71. The van der Waals surface area contributed by atoms with Crippen LogP contribution in [-0.2, 0) is 19.1 Å². The molecule has 0 aliphatic heterocycles. The van der Waals surface area contributed by atoms with Crippen molar-refractivity contribution in [2.24, 2.45) is 22.7 Å². The first-order valence-corrected chi connectivity index (χ1v) is 10.5. The van der Waals surface area contributed by atoms with E-state index in [0.717, 1.165) is 5.57 Å². The van der Waals surface area contributed by atoms with Gasteiger partial charge in [0.1, 0.15) is 5.67 Å². The molecule has 2 saturated carbocycles. The Balaban J connectivity index is 1.67. The molecule has 2 fully saturated rings. The molecule has 4 aliphatic rings. The normalized spacial score (nSPS) is 43.5. The van der Waals surface area contributed by atoms with Crippen LogP contribution < -0.4 is 0 Å². The van der Waals surface area contributed by atoms with Crippen molar-refractivity contribution in [2.75, 3.05) is 6.61 Å². The minimum absolute atomic E-state index is 0.0375. The molecule has 29 heavy (non-hydrogen) atoms. The molecule has 0 radical (unpaired) electrons. The monoisotopic (exact) mass is 404 g/mol. The van der Waals surface area contributed by atoms with Crippen molar-refractivity contribution >= 4 is 17.5 Å². The van der Waals surface area contributed by atoms with Crippen molar-refractivity contribution in [3.8, 4) is 0 Å². The smallest absolute Gasteiger partial charge is 0.303 e. The number of allylic oxidation sites excluding steroid dienone is 3. The second-order valence-corrected chi connectivity index (χ2v) is 9.68. The van der Waals surface area contributed by atoms with Crippen LogP contribution >= 0.6 is 0 Å². The second kappa shape index (κ2) is 6.59. The average molecular weight is 404 g/mol. The van der Waals surface area contributed by atoms with Crippen LogP contribution in [0, 0.1) is 22.7 Å². The van der Waals surface area contributed by atoms with E-state index in [9.17, 15) is 19.5 Å². The van der Waals surface area contributed by atoms with Crippen LogP contribution in [0.15, 0.2) is 23.3 Å². The number of halogens is 1. The molecule has 0 heterocycles. The first kappa shape index (κ1) is 20.5. The van der Waals surface area contributed by atoms with E-state index >= 15 is 4.39 Å². The maximum atomic E-state index is 16.9. The fourth-order valence-corrected chi connectivity index (χ4v) is 6.82. The molecule has 2 unspecified atom stereocenters. The van der Waals surface area contributed by atoms with Gasteiger partial charge in [-0.05, 0) is 44.1 Å². The van der Waals surface area contributed by atoms with Crippen LogP contribution in [0.5, 0.6) is 0 Å². The molecule has 158 valence electrons. The summed E-state index contributed by atoms with van der Waals surface area (Å²) in [6, 6.07) is 0. The van der Waals surface area contributed by atoms with Crippen LogP contribution in [0.2, 0.25) is 0 Å². The summed E-state index contributed by atoms with van der Waals surface area (Å²) in [5.74, 6) is -1.23. The summed E-state index contributed by atoms with van der Waals surface area (Å²) < 4.78 is 21.8. The predicted molar refractivity (Wildman–Crippen MR) is 104 cm³/mol. The molecular formula is C23H29FO5. The van der Waals surface area contributed by atoms with E-state index < -0.39 is 28.6 Å². The zero-order chi connectivity index (χ0) is 21.2. The highest BCUT2D eigenvalue weighted by Gasteiger charge is 2.70. The van der Waals surface area contributed by atoms with Crippen LogP contribution in [0.4, 0.5) is 4.39 Å². The molecule has 5 nitrogen and oxygen atoms in total. The van der Waals surface area contributed by atoms with Gasteiger partial charge in [-0.1, -0.05) is 25.5 Å². The number of ketones is 2. The number of alkyl halides is 1. The molecule has 0 bridgehead atoms. The summed E-state index contributed by atoms with van der Waals surface area (Å²) in [6.07, 6.45) is 4.88. The summed E-state index contributed by atoms with van der Waals surface area (Å²) in [7, 11) is 0. The molecule has 6 heteroatoms. The predicted octanol–water partition coefficient (Wildman–Crippen LogP) is 3.25. The lowest BCUT2D eigenvalue weighted by Gasteiger charge is -2.62. The minimum atomic E-state index is -1.82. The Morgan fingerprint density at radius 1 is 1.28 bits per heavy atom. The molecule has 6 atom stereocenters. The number of ether oxygens (including phenoxy) is 1. The second-order valence-electron chi connectivity index (χ2n) is 9.68. The van der Waals surface area contributed by atoms with Gasteiger partial charge in [-0.2, -0.15) is 0 Å². The Kier molecular flexibility index (Phi) is 4.65. The van der Waals surface area contributed by atoms with Crippen molar-refractivity contribution in [2.45, 2.75) is 71.1 Å². The lowest BCUT2D eigenvalue weighted by Crippen LogP contribution is -2.67. The zero-order valence-electron chi connectivity index (χ0n) is 17.3. The maximum absolute atomic E-state index is 16.9. The number of fused-ring (bicyclic) bond motifs is 5. The number of aliphatic hydroxyl groups is 1. The number of Topliss-reactive ketones (excluding diaryl/α,β-unsaturated/α-hetero) is 1. The fourth-order valence-electron chi connectivity index (χ4n) is 6.82. The standard InChI is InChI=1S/C23H29FO5/c1-13(25)29-12-19(27)18-7-6-16-17-5-4-14-10-15(26)8-9-22(14,3)23(17,24)20(28)11-21(16,18)2/h7,10,16-17,20,28H,4-6,8-9,11-12H2,1-3H3/t16?,17?,20-,21-,22-,23-/m0/s1. The Bertz CT molecular complexity index is 844. The summed E-state index contributed by atoms with van der Waals surface area (Å²) in [5.41, 5.74) is -1.93. The largest absolute Gasteiger partial charge is 0.457 e. The summed E-state index contributed by atoms with van der Waals surface area (Å²) in [4.78, 5) is 35.7. The Morgan fingerprint density at radius 2 is 2.00 bits per heavy atom. The van der Waals surface area contributed by atoms with Gasteiger partial charge in [0.15, 0.2) is 18.2 Å². The van der Waals surface area contributed by atoms with E-state index in [-0.39, 0.29) is 36.4 Å². The number of carbonyl (C=O) groups is 3. The van der Waals surface area contributed by atoms with Gasteiger partial charge >= 0.3 is 5.97 Å². The lowest BCUT2D eigenvalue weighted by molar-refractivity contribution is -0.200. The molecule has 0 spiro atoms. The summed E-state index contributed by atoms with van der Waals surface area (Å²) in [5, 5.41) is 11.2. The first-order valence-electron chi connectivity index (χ1n) is 10.5. The number of hydrogen-bond acceptors (Lipinski definition) is 5. The van der Waals surface area contributed by atoms with E-state index in [1.807, 2.05) is 19.9 Å². The summed E-state index contributed by atoms with van der Waals surface area (Å²) in [6.45, 7) is 4.73. The van der Waals surface area contributed by atoms with E-state index in [0.29, 0.717) is 37.7 Å². The molecule has 0 saturated heterocycles. The first-order chi connectivity index (χ1) is 13.5. The molecule has 0 aromatic heterocycles. The van der Waals surface area contributed by atoms with Crippen molar-refractivity contribution in [1.82, 2.24) is 0 Å². The topological polar surface area (TPSA) is 80.7 Å². The molecule has 0 aromatic rings. The molecule has 4 aliphatic carbocycles. The quantitative estimate of drug-likeness (QED) is 0.731. The number of rotatable bonds is 3. The van der Waals surface area contributed by atoms with E-state index in [4.69, 9.17) is 4.74 Å². The van der Waals surface area contributed by atoms with Crippen molar-refractivity contribution in [3.63, 3.8) is 0 Å². The zero-order valence-corrected chi connectivity index (χ0v) is 17.3. The highest BCUT2D eigenvalue weighted by atomic mass is 19.1. The van der Waals surface area contributed by atoms with Crippen LogP contribution in [0.1, 0.15) is 59.3 Å². The van der Waals surface area contributed by atoms with Crippen molar-refractivity contribution in [3.05, 3.63) is 23.3 Å². The number of aliphatic hydroxyl groups excluding tert-OH is 1. The SMILES string of the molecule is CC(=O)OCC(=O)C1=CCC2C3CCC4=CC(=O)CC[C@]4(C)[C@@]3(F)[C@@H](O)C[C@]12C. The van der Waals surface area contributed by atoms with Gasteiger partial charge < -0.3 is 9.84 Å². The molecular weight excluding hydrogens is 375 g/mol. The number of carbonyl (C=O) groups excluding carboxylic acids is 3. The lowest BCUT2D eigenvalue weighted by atomic mass is 9.44. The number of esters is 1. The highest BCUT2D eigenvalue weighted by Crippen LogP contribution is 2.68. The Hall–Kier alpha value is -1.82. The van der Waals surface area contributed by atoms with Crippen LogP contribution in [0.3, 0.4) is 0 Å². The van der Waals surface area contributed by atoms with Gasteiger partial charge in [0, 0.05) is 35.7 Å². The van der Waals surface area contributed by atoms with Gasteiger partial charge in [-0.15, -0.1) is 0 Å². The van der Waals surface area contributed by atoms with Crippen LogP contribution in [-0.4, -0.2) is 41.0 Å². The average Bonchev–Trinajstić information content (AvgIpc) is 2.98. The molecule has 0 amide bonds. The van der Waals surface area contributed by atoms with Gasteiger partial charge in [0.2, 0.25) is 0 Å². The van der Waals surface area contributed by atoms with E-state index in [1.54, 1.807) is 6.08 Å². The molecule has 0 aromatic carbocycles. The molecule has 1 N–H and O–H groups in total. The van der Waals surface area contributed by atoms with Gasteiger partial charge in [-0.25, -0.2) is 4.39 Å². The Labute approximate surface area is 170 Å². The van der Waals surface area contributed by atoms with Gasteiger partial charge in [-0.3, -0.25) is 14.4 Å². The summed E-state index contributed by atoms with van der Waals surface area (Å²) >= 11 is 0.